The second-order valence-corrected chi connectivity index (χ2v) is 14.1. The second-order valence-electron chi connectivity index (χ2n) is 12.7. The Balaban J connectivity index is 2.26. The van der Waals surface area contributed by atoms with Crippen molar-refractivity contribution in [3.63, 3.8) is 0 Å². The average Bonchev–Trinajstić information content (AvgIpc) is 3.52. The number of hydrogen-bond donors (Lipinski definition) is 7. The monoisotopic (exact) mass is 695 g/mol. The molecular formula is C31H50N7O9P. The van der Waals surface area contributed by atoms with Crippen molar-refractivity contribution in [3.8, 4) is 0 Å². The fourth-order valence-electron chi connectivity index (χ4n) is 4.34. The summed E-state index contributed by atoms with van der Waals surface area (Å²) in [5.74, 6) is -2.77. The van der Waals surface area contributed by atoms with E-state index in [9.17, 15) is 28.6 Å². The van der Waals surface area contributed by atoms with Crippen LogP contribution in [0, 0.1) is 5.92 Å². The molecule has 1 heterocycles. The van der Waals surface area contributed by atoms with Crippen molar-refractivity contribution < 1.29 is 42.4 Å². The SMILES string of the molecule is CNC(=O)C(NC(=O)C(COC(C)(C)C)NC(=O)C(Cc1cnc[nH]1)NC(=O)C(N)CC(C)C)C(C)OP(=O)(O)OCc1ccccc1. The van der Waals surface area contributed by atoms with Crippen molar-refractivity contribution in [2.24, 2.45) is 11.7 Å². The molecule has 6 unspecified atom stereocenters. The molecule has 0 aliphatic carbocycles. The number of H-pyrrole nitrogens is 1. The number of phosphoric acid groups is 1. The first-order chi connectivity index (χ1) is 22.4. The molecule has 0 fully saturated rings. The number of carbonyl (C=O) groups excluding carboxylic acids is 4. The van der Waals surface area contributed by atoms with Gasteiger partial charge < -0.3 is 41.6 Å². The Bertz CT molecular complexity index is 1370. The minimum Gasteiger partial charge on any atom is -0.373 e. The topological polar surface area (TPSA) is 236 Å². The lowest BCUT2D eigenvalue weighted by molar-refractivity contribution is -0.137. The minimum atomic E-state index is -4.70. The molecule has 16 nitrogen and oxygen atoms in total. The highest BCUT2D eigenvalue weighted by molar-refractivity contribution is 7.47. The molecule has 0 spiro atoms. The molecule has 0 bridgehead atoms. The Hall–Kier alpha value is -3.66. The summed E-state index contributed by atoms with van der Waals surface area (Å²) in [6.45, 7) is 9.81. The van der Waals surface area contributed by atoms with E-state index in [0.717, 1.165) is 0 Å². The fourth-order valence-corrected chi connectivity index (χ4v) is 5.26. The summed E-state index contributed by atoms with van der Waals surface area (Å²) < 4.78 is 28.9. The van der Waals surface area contributed by atoms with Crippen LogP contribution in [0.15, 0.2) is 42.9 Å². The van der Waals surface area contributed by atoms with E-state index in [1.807, 2.05) is 13.8 Å². The van der Waals surface area contributed by atoms with E-state index in [0.29, 0.717) is 17.7 Å². The highest BCUT2D eigenvalue weighted by atomic mass is 31.2. The predicted molar refractivity (Wildman–Crippen MR) is 177 cm³/mol. The summed E-state index contributed by atoms with van der Waals surface area (Å²) in [5.41, 5.74) is 6.48. The van der Waals surface area contributed by atoms with Crippen molar-refractivity contribution in [3.05, 3.63) is 54.1 Å². The van der Waals surface area contributed by atoms with Gasteiger partial charge in [-0.05, 0) is 45.6 Å². The molecule has 17 heteroatoms. The van der Waals surface area contributed by atoms with Gasteiger partial charge in [0.05, 0.1) is 37.3 Å². The predicted octanol–water partition coefficient (Wildman–Crippen LogP) is 1.06. The number of aromatic amines is 1. The van der Waals surface area contributed by atoms with Crippen LogP contribution in [0.3, 0.4) is 0 Å². The van der Waals surface area contributed by atoms with E-state index < -0.39 is 67.3 Å². The van der Waals surface area contributed by atoms with Crippen LogP contribution in [0.25, 0.3) is 0 Å². The van der Waals surface area contributed by atoms with Gasteiger partial charge in [0.25, 0.3) is 0 Å². The number of imidazole rings is 1. The van der Waals surface area contributed by atoms with Crippen LogP contribution in [0.2, 0.25) is 0 Å². The average molecular weight is 696 g/mol. The molecule has 6 atom stereocenters. The van der Waals surface area contributed by atoms with Crippen LogP contribution >= 0.6 is 7.82 Å². The third-order valence-electron chi connectivity index (χ3n) is 6.82. The zero-order chi connectivity index (χ0) is 36.1. The van der Waals surface area contributed by atoms with E-state index in [1.54, 1.807) is 51.1 Å². The maximum Gasteiger partial charge on any atom is 0.472 e. The molecule has 4 amide bonds. The van der Waals surface area contributed by atoms with E-state index >= 15 is 0 Å². The zero-order valence-electron chi connectivity index (χ0n) is 28.5. The van der Waals surface area contributed by atoms with Gasteiger partial charge in [-0.15, -0.1) is 0 Å². The molecule has 1 aromatic carbocycles. The molecule has 1 aromatic heterocycles. The van der Waals surface area contributed by atoms with Crippen LogP contribution in [0.5, 0.6) is 0 Å². The molecule has 0 saturated carbocycles. The first-order valence-corrected chi connectivity index (χ1v) is 17.1. The molecular weight excluding hydrogens is 645 g/mol. The number of amides is 4. The molecule has 0 radical (unpaired) electrons. The standard InChI is InChI=1S/C31H50N7O9P/c1-19(2)13-23(32)27(39)36-24(14-22-15-34-18-35-22)28(40)37-25(17-45-31(4,5)6)29(41)38-26(30(42)33-7)20(3)47-48(43,44)46-16-21-11-9-8-10-12-21/h8-12,15,18-20,23-26H,13-14,16-17,32H2,1-7H3,(H,33,42)(H,34,35)(H,36,39)(H,37,40)(H,38,41)(H,43,44). The van der Waals surface area contributed by atoms with Gasteiger partial charge in [0, 0.05) is 25.4 Å². The molecule has 0 aliphatic heterocycles. The number of likely N-dealkylation sites (N-methyl/N-ethyl adjacent to an activating group) is 1. The Morgan fingerprint density at radius 2 is 1.60 bits per heavy atom. The van der Waals surface area contributed by atoms with Crippen LogP contribution in [0.4, 0.5) is 0 Å². The van der Waals surface area contributed by atoms with E-state index in [4.69, 9.17) is 19.5 Å². The number of carbonyl (C=O) groups is 4. The number of aromatic nitrogens is 2. The van der Waals surface area contributed by atoms with Crippen molar-refractivity contribution in [1.29, 1.82) is 0 Å². The van der Waals surface area contributed by atoms with Gasteiger partial charge in [-0.3, -0.25) is 28.2 Å². The second kappa shape index (κ2) is 18.8. The number of nitrogens with zero attached hydrogens (tertiary/aromatic N) is 1. The summed E-state index contributed by atoms with van der Waals surface area (Å²) in [5, 5.41) is 10.1. The van der Waals surface area contributed by atoms with Crippen molar-refractivity contribution in [1.82, 2.24) is 31.2 Å². The molecule has 0 saturated heterocycles. The fraction of sp³-hybridized carbons (Fsp3) is 0.581. The molecule has 2 aromatic rings. The number of phosphoric ester groups is 1. The number of benzene rings is 1. The summed E-state index contributed by atoms with van der Waals surface area (Å²) in [6.07, 6.45) is 1.93. The van der Waals surface area contributed by atoms with E-state index in [1.165, 1.54) is 26.5 Å². The van der Waals surface area contributed by atoms with Gasteiger partial charge in [0.2, 0.25) is 23.6 Å². The zero-order valence-corrected chi connectivity index (χ0v) is 29.4. The van der Waals surface area contributed by atoms with E-state index in [2.05, 4.69) is 31.2 Å². The summed E-state index contributed by atoms with van der Waals surface area (Å²) in [7, 11) is -3.39. The quantitative estimate of drug-likeness (QED) is 0.103. The molecule has 0 aliphatic rings. The minimum absolute atomic E-state index is 0.000938. The smallest absolute Gasteiger partial charge is 0.373 e. The normalized spacial score (nSPS) is 16.1. The molecule has 2 rings (SSSR count). The third-order valence-corrected chi connectivity index (χ3v) is 7.88. The maximum atomic E-state index is 13.7. The number of ether oxygens (including phenoxy) is 1. The largest absolute Gasteiger partial charge is 0.472 e. The van der Waals surface area contributed by atoms with Crippen molar-refractivity contribution >= 4 is 31.5 Å². The highest BCUT2D eigenvalue weighted by Crippen LogP contribution is 2.45. The number of nitrogens with one attached hydrogen (secondary N) is 5. The summed E-state index contributed by atoms with van der Waals surface area (Å²) >= 11 is 0. The Morgan fingerprint density at radius 3 is 2.17 bits per heavy atom. The van der Waals surface area contributed by atoms with E-state index in [-0.39, 0.29) is 25.6 Å². The Labute approximate surface area is 281 Å². The lowest BCUT2D eigenvalue weighted by Crippen LogP contribution is -2.61. The summed E-state index contributed by atoms with van der Waals surface area (Å²) in [6, 6.07) is 3.71. The van der Waals surface area contributed by atoms with Gasteiger partial charge in [-0.1, -0.05) is 44.2 Å². The first-order valence-electron chi connectivity index (χ1n) is 15.6. The van der Waals surface area contributed by atoms with Crippen LogP contribution < -0.4 is 27.0 Å². The van der Waals surface area contributed by atoms with Crippen LogP contribution in [-0.2, 0) is 50.6 Å². The lowest BCUT2D eigenvalue weighted by atomic mass is 10.0. The third kappa shape index (κ3) is 14.6. The summed E-state index contributed by atoms with van der Waals surface area (Å²) in [4.78, 5) is 70.3. The molecule has 8 N–H and O–H groups in total. The van der Waals surface area contributed by atoms with Crippen LogP contribution in [-0.4, -0.2) is 88.0 Å². The molecule has 268 valence electrons. The highest BCUT2D eigenvalue weighted by Gasteiger charge is 2.37. The van der Waals surface area contributed by atoms with Crippen molar-refractivity contribution in [2.45, 2.75) is 96.9 Å². The van der Waals surface area contributed by atoms with Gasteiger partial charge in [0.1, 0.15) is 18.1 Å². The van der Waals surface area contributed by atoms with Gasteiger partial charge in [-0.2, -0.15) is 0 Å². The van der Waals surface area contributed by atoms with Crippen molar-refractivity contribution in [2.75, 3.05) is 13.7 Å². The molecule has 48 heavy (non-hydrogen) atoms. The number of nitrogens with two attached hydrogens (primary N) is 1. The van der Waals surface area contributed by atoms with Crippen LogP contribution in [0.1, 0.15) is 59.2 Å². The first kappa shape index (κ1) is 40.5. The maximum absolute atomic E-state index is 13.7. The number of rotatable bonds is 19. The van der Waals surface area contributed by atoms with Gasteiger partial charge in [0.15, 0.2) is 0 Å². The van der Waals surface area contributed by atoms with Gasteiger partial charge >= 0.3 is 7.82 Å². The Kier molecular flexibility index (Phi) is 15.8. The number of hydrogen-bond acceptors (Lipinski definition) is 10. The lowest BCUT2D eigenvalue weighted by Gasteiger charge is -2.29. The Morgan fingerprint density at radius 1 is 0.979 bits per heavy atom. The van der Waals surface area contributed by atoms with Gasteiger partial charge in [-0.25, -0.2) is 9.55 Å².